The Kier molecular flexibility index (Phi) is 7.37. The molecule has 0 spiro atoms. The topological polar surface area (TPSA) is 94.2 Å². The minimum absolute atomic E-state index is 0.0597. The first kappa shape index (κ1) is 24.7. The van der Waals surface area contributed by atoms with Crippen LogP contribution in [0.4, 0.5) is 5.69 Å². The van der Waals surface area contributed by atoms with Crippen LogP contribution in [0.15, 0.2) is 65.6 Å². The van der Waals surface area contributed by atoms with Crippen molar-refractivity contribution in [2.45, 2.75) is 17.9 Å². The van der Waals surface area contributed by atoms with Gasteiger partial charge in [-0.1, -0.05) is 35.9 Å². The van der Waals surface area contributed by atoms with Gasteiger partial charge in [-0.25, -0.2) is 8.42 Å². The van der Waals surface area contributed by atoms with E-state index in [2.05, 4.69) is 5.32 Å². The van der Waals surface area contributed by atoms with Crippen LogP contribution in [0.3, 0.4) is 0 Å². The Morgan fingerprint density at radius 2 is 1.74 bits per heavy atom. The van der Waals surface area contributed by atoms with Crippen LogP contribution in [0.25, 0.3) is 0 Å². The summed E-state index contributed by atoms with van der Waals surface area (Å²) in [6.07, 6.45) is 0.656. The Morgan fingerprint density at radius 3 is 2.49 bits per heavy atom. The van der Waals surface area contributed by atoms with Crippen molar-refractivity contribution >= 4 is 33.2 Å². The third kappa shape index (κ3) is 5.31. The maximum atomic E-state index is 13.2. The standard InChI is InChI=1S/C25H25ClN2O6S/c1-32-23-9-7-17(13-24(23)33-2)15-27-25(29)16-34-22-10-8-19(14-20(22)26)35(30,31)28-12-11-18-5-3-4-6-21(18)28/h3-10,13-14H,11-12,15-16H2,1-2H3,(H,27,29). The van der Waals surface area contributed by atoms with E-state index in [0.717, 1.165) is 11.1 Å². The molecule has 0 radical (unpaired) electrons. The molecule has 184 valence electrons. The summed E-state index contributed by atoms with van der Waals surface area (Å²) in [4.78, 5) is 12.3. The third-order valence-electron chi connectivity index (χ3n) is 5.63. The predicted molar refractivity (Wildman–Crippen MR) is 133 cm³/mol. The van der Waals surface area contributed by atoms with Gasteiger partial charge in [0.15, 0.2) is 18.1 Å². The Hall–Kier alpha value is -3.43. The monoisotopic (exact) mass is 516 g/mol. The molecule has 0 aliphatic carbocycles. The van der Waals surface area contributed by atoms with Crippen LogP contribution >= 0.6 is 11.6 Å². The van der Waals surface area contributed by atoms with Gasteiger partial charge in [-0.05, 0) is 53.9 Å². The van der Waals surface area contributed by atoms with Crippen molar-refractivity contribution in [1.29, 1.82) is 0 Å². The molecule has 1 aliphatic rings. The van der Waals surface area contributed by atoms with Crippen molar-refractivity contribution in [1.82, 2.24) is 5.32 Å². The minimum Gasteiger partial charge on any atom is -0.493 e. The van der Waals surface area contributed by atoms with E-state index < -0.39 is 10.0 Å². The fraction of sp³-hybridized carbons (Fsp3) is 0.240. The summed E-state index contributed by atoms with van der Waals surface area (Å²) in [6.45, 7) is 0.362. The van der Waals surface area contributed by atoms with Crippen LogP contribution < -0.4 is 23.8 Å². The highest BCUT2D eigenvalue weighted by Crippen LogP contribution is 2.35. The van der Waals surface area contributed by atoms with Crippen molar-refractivity contribution in [3.8, 4) is 17.2 Å². The number of benzene rings is 3. The molecule has 0 unspecified atom stereocenters. The van der Waals surface area contributed by atoms with Crippen molar-refractivity contribution in [3.63, 3.8) is 0 Å². The van der Waals surface area contributed by atoms with E-state index in [4.69, 9.17) is 25.8 Å². The van der Waals surface area contributed by atoms with Crippen LogP contribution in [0.1, 0.15) is 11.1 Å². The average Bonchev–Trinajstić information content (AvgIpc) is 3.31. The van der Waals surface area contributed by atoms with Gasteiger partial charge in [-0.15, -0.1) is 0 Å². The van der Waals surface area contributed by atoms with Gasteiger partial charge in [0.1, 0.15) is 5.75 Å². The lowest BCUT2D eigenvalue weighted by Gasteiger charge is -2.20. The number of hydrogen-bond donors (Lipinski definition) is 1. The lowest BCUT2D eigenvalue weighted by Crippen LogP contribution is -2.29. The zero-order valence-corrected chi connectivity index (χ0v) is 20.9. The number of nitrogens with one attached hydrogen (secondary N) is 1. The second-order valence-corrected chi connectivity index (χ2v) is 10.1. The van der Waals surface area contributed by atoms with Gasteiger partial charge in [0, 0.05) is 13.1 Å². The number of methoxy groups -OCH3 is 2. The van der Waals surface area contributed by atoms with Crippen molar-refractivity contribution in [3.05, 3.63) is 76.8 Å². The summed E-state index contributed by atoms with van der Waals surface area (Å²) >= 11 is 6.30. The molecule has 10 heteroatoms. The lowest BCUT2D eigenvalue weighted by molar-refractivity contribution is -0.123. The number of fused-ring (bicyclic) bond motifs is 1. The Bertz CT molecular complexity index is 1350. The second kappa shape index (κ2) is 10.5. The fourth-order valence-corrected chi connectivity index (χ4v) is 5.66. The molecule has 0 aromatic heterocycles. The smallest absolute Gasteiger partial charge is 0.264 e. The maximum Gasteiger partial charge on any atom is 0.264 e. The molecular formula is C25H25ClN2O6S. The van der Waals surface area contributed by atoms with Crippen molar-refractivity contribution < 1.29 is 27.4 Å². The van der Waals surface area contributed by atoms with Gasteiger partial charge in [0.2, 0.25) is 0 Å². The number of carbonyl (C=O) groups excluding carboxylic acids is 1. The molecule has 3 aromatic carbocycles. The van der Waals surface area contributed by atoms with Gasteiger partial charge in [-0.3, -0.25) is 9.10 Å². The molecule has 1 heterocycles. The summed E-state index contributed by atoms with van der Waals surface area (Å²) in [5.41, 5.74) is 2.49. The molecule has 0 fully saturated rings. The molecule has 1 amide bonds. The highest BCUT2D eigenvalue weighted by atomic mass is 35.5. The summed E-state index contributed by atoms with van der Waals surface area (Å²) in [7, 11) is -0.687. The molecule has 0 atom stereocenters. The summed E-state index contributed by atoms with van der Waals surface area (Å²) in [5, 5.41) is 2.86. The van der Waals surface area contributed by atoms with Crippen LogP contribution in [0, 0.1) is 0 Å². The van der Waals surface area contributed by atoms with Gasteiger partial charge >= 0.3 is 0 Å². The maximum absolute atomic E-state index is 13.2. The van der Waals surface area contributed by atoms with E-state index in [1.54, 1.807) is 32.4 Å². The van der Waals surface area contributed by atoms with E-state index in [9.17, 15) is 13.2 Å². The molecule has 1 aliphatic heterocycles. The normalized spacial score (nSPS) is 12.7. The van der Waals surface area contributed by atoms with Crippen LogP contribution in [0.2, 0.25) is 5.02 Å². The first-order valence-electron chi connectivity index (χ1n) is 10.8. The van der Waals surface area contributed by atoms with Gasteiger partial charge < -0.3 is 19.5 Å². The van der Waals surface area contributed by atoms with Gasteiger partial charge in [-0.2, -0.15) is 0 Å². The molecule has 8 nitrogen and oxygen atoms in total. The van der Waals surface area contributed by atoms with Gasteiger partial charge in [0.25, 0.3) is 15.9 Å². The summed E-state index contributed by atoms with van der Waals surface area (Å²) in [6, 6.07) is 17.0. The summed E-state index contributed by atoms with van der Waals surface area (Å²) in [5.74, 6) is 1.02. The van der Waals surface area contributed by atoms with Crippen LogP contribution in [-0.4, -0.2) is 41.7 Å². The van der Waals surface area contributed by atoms with Crippen molar-refractivity contribution in [2.75, 3.05) is 31.7 Å². The molecule has 1 N–H and O–H groups in total. The number of sulfonamides is 1. The number of hydrogen-bond acceptors (Lipinski definition) is 6. The number of rotatable bonds is 9. The number of ether oxygens (including phenoxy) is 3. The molecule has 0 bridgehead atoms. The third-order valence-corrected chi connectivity index (χ3v) is 7.74. The highest BCUT2D eigenvalue weighted by molar-refractivity contribution is 7.92. The molecule has 0 saturated heterocycles. The van der Waals surface area contributed by atoms with E-state index in [-0.39, 0.29) is 34.7 Å². The molecule has 4 rings (SSSR count). The Labute approximate surface area is 209 Å². The molecule has 35 heavy (non-hydrogen) atoms. The van der Waals surface area contributed by atoms with E-state index in [1.807, 2.05) is 24.3 Å². The number of para-hydroxylation sites is 1. The SMILES string of the molecule is COc1ccc(CNC(=O)COc2ccc(S(=O)(=O)N3CCc4ccccc43)cc2Cl)cc1OC. The number of nitrogens with zero attached hydrogens (tertiary/aromatic N) is 1. The predicted octanol–water partition coefficient (Wildman–Crippen LogP) is 3.80. The second-order valence-electron chi connectivity index (χ2n) is 7.80. The Balaban J connectivity index is 1.37. The van der Waals surface area contributed by atoms with Crippen LogP contribution in [0.5, 0.6) is 17.2 Å². The first-order valence-corrected chi connectivity index (χ1v) is 12.7. The van der Waals surface area contributed by atoms with E-state index in [0.29, 0.717) is 30.2 Å². The van der Waals surface area contributed by atoms with E-state index >= 15 is 0 Å². The largest absolute Gasteiger partial charge is 0.493 e. The zero-order chi connectivity index (χ0) is 25.0. The molecule has 3 aromatic rings. The summed E-state index contributed by atoms with van der Waals surface area (Å²) < 4.78 is 43.7. The van der Waals surface area contributed by atoms with Crippen molar-refractivity contribution in [2.24, 2.45) is 0 Å². The van der Waals surface area contributed by atoms with Crippen LogP contribution in [-0.2, 0) is 27.8 Å². The fourth-order valence-electron chi connectivity index (χ4n) is 3.83. The molecular weight excluding hydrogens is 492 g/mol. The minimum atomic E-state index is -3.78. The van der Waals surface area contributed by atoms with Gasteiger partial charge in [0.05, 0.1) is 29.8 Å². The quantitative estimate of drug-likeness (QED) is 0.465. The average molecular weight is 517 g/mol. The Morgan fingerprint density at radius 1 is 1.00 bits per heavy atom. The zero-order valence-electron chi connectivity index (χ0n) is 19.3. The highest BCUT2D eigenvalue weighted by Gasteiger charge is 2.31. The molecule has 0 saturated carbocycles. The first-order chi connectivity index (χ1) is 16.8. The lowest BCUT2D eigenvalue weighted by atomic mass is 10.2. The number of carbonyl (C=O) groups is 1. The number of amides is 1. The number of anilines is 1. The number of halogens is 1. The van der Waals surface area contributed by atoms with E-state index in [1.165, 1.54) is 22.5 Å².